The van der Waals surface area contributed by atoms with Crippen molar-refractivity contribution in [3.63, 3.8) is 0 Å². The Labute approximate surface area is 163 Å². The largest absolute Gasteiger partial charge is 0.497 e. The summed E-state index contributed by atoms with van der Waals surface area (Å²) in [7, 11) is 3.56. The molecule has 5 heteroatoms. The Morgan fingerprint density at radius 1 is 1.19 bits per heavy atom. The first-order valence-corrected chi connectivity index (χ1v) is 9.72. The zero-order valence-corrected chi connectivity index (χ0v) is 16.9. The highest BCUT2D eigenvalue weighted by molar-refractivity contribution is 9.10. The molecule has 0 N–H and O–H groups in total. The number of likely N-dealkylation sites (tertiary alicyclic amines) is 1. The topological polar surface area (TPSA) is 32.8 Å². The molecule has 1 saturated heterocycles. The first-order chi connectivity index (χ1) is 12.6. The Kier molecular flexibility index (Phi) is 6.33. The van der Waals surface area contributed by atoms with Crippen LogP contribution in [-0.2, 0) is 11.3 Å². The number of methoxy groups -OCH3 is 1. The van der Waals surface area contributed by atoms with Crippen LogP contribution < -0.4 is 4.74 Å². The van der Waals surface area contributed by atoms with Crippen molar-refractivity contribution in [3.05, 3.63) is 64.1 Å². The molecule has 138 valence electrons. The number of rotatable bonds is 6. The zero-order valence-electron chi connectivity index (χ0n) is 15.3. The molecule has 26 heavy (non-hydrogen) atoms. The molecular weight excluding hydrogens is 392 g/mol. The second-order valence-electron chi connectivity index (χ2n) is 6.78. The summed E-state index contributed by atoms with van der Waals surface area (Å²) in [5, 5.41) is 0. The predicted molar refractivity (Wildman–Crippen MR) is 107 cm³/mol. The van der Waals surface area contributed by atoms with Crippen molar-refractivity contribution in [2.24, 2.45) is 0 Å². The Morgan fingerprint density at radius 3 is 2.54 bits per heavy atom. The lowest BCUT2D eigenvalue weighted by Crippen LogP contribution is -2.37. The smallest absolute Gasteiger partial charge is 0.236 e. The number of halogens is 1. The first kappa shape index (κ1) is 18.9. The molecule has 0 aromatic heterocycles. The van der Waals surface area contributed by atoms with E-state index in [1.165, 1.54) is 5.56 Å². The number of carbonyl (C=O) groups is 1. The summed E-state index contributed by atoms with van der Waals surface area (Å²) in [6, 6.07) is 16.6. The van der Waals surface area contributed by atoms with Crippen LogP contribution >= 0.6 is 15.9 Å². The fraction of sp³-hybridized carbons (Fsp3) is 0.381. The van der Waals surface area contributed by atoms with E-state index in [4.69, 9.17) is 4.74 Å². The number of amides is 1. The monoisotopic (exact) mass is 416 g/mol. The third-order valence-corrected chi connectivity index (χ3v) is 5.49. The van der Waals surface area contributed by atoms with Crippen LogP contribution in [0.2, 0.25) is 0 Å². The Bertz CT molecular complexity index is 731. The number of nitrogens with zero attached hydrogens (tertiary/aromatic N) is 2. The summed E-state index contributed by atoms with van der Waals surface area (Å²) in [4.78, 5) is 16.8. The van der Waals surface area contributed by atoms with Crippen molar-refractivity contribution in [2.45, 2.75) is 25.4 Å². The van der Waals surface area contributed by atoms with Gasteiger partial charge in [0.25, 0.3) is 0 Å². The predicted octanol–water partition coefficient (Wildman–Crippen LogP) is 4.25. The van der Waals surface area contributed by atoms with Crippen LogP contribution in [0.5, 0.6) is 5.75 Å². The SMILES string of the molecule is COc1ccc([C@H]2CCCN2CC(=O)N(C)Cc2ccc(Br)cc2)cc1. The third-order valence-electron chi connectivity index (χ3n) is 4.96. The number of hydrogen-bond donors (Lipinski definition) is 0. The summed E-state index contributed by atoms with van der Waals surface area (Å²) < 4.78 is 6.29. The van der Waals surface area contributed by atoms with Gasteiger partial charge in [-0.05, 0) is 54.8 Å². The van der Waals surface area contributed by atoms with Gasteiger partial charge in [-0.25, -0.2) is 0 Å². The molecule has 2 aromatic rings. The second kappa shape index (κ2) is 8.69. The second-order valence-corrected chi connectivity index (χ2v) is 7.69. The van der Waals surface area contributed by atoms with Crippen LogP contribution in [0.15, 0.2) is 53.0 Å². The average molecular weight is 417 g/mol. The third kappa shape index (κ3) is 4.65. The van der Waals surface area contributed by atoms with E-state index in [0.717, 1.165) is 35.2 Å². The minimum atomic E-state index is 0.160. The van der Waals surface area contributed by atoms with E-state index in [1.54, 1.807) is 7.11 Å². The summed E-state index contributed by atoms with van der Waals surface area (Å²) in [5.41, 5.74) is 2.39. The van der Waals surface area contributed by atoms with Crippen LogP contribution in [0.1, 0.15) is 30.0 Å². The highest BCUT2D eigenvalue weighted by Gasteiger charge is 2.28. The summed E-state index contributed by atoms with van der Waals surface area (Å²) in [6.45, 7) is 2.06. The van der Waals surface area contributed by atoms with Crippen LogP contribution in [-0.4, -0.2) is 43.0 Å². The lowest BCUT2D eigenvalue weighted by Gasteiger charge is -2.27. The van der Waals surface area contributed by atoms with Gasteiger partial charge in [0.1, 0.15) is 5.75 Å². The molecule has 4 nitrogen and oxygen atoms in total. The molecule has 3 rings (SSSR count). The van der Waals surface area contributed by atoms with Crippen molar-refractivity contribution >= 4 is 21.8 Å². The highest BCUT2D eigenvalue weighted by Crippen LogP contribution is 2.32. The summed E-state index contributed by atoms with van der Waals surface area (Å²) in [6.07, 6.45) is 2.22. The van der Waals surface area contributed by atoms with E-state index in [1.807, 2.05) is 48.3 Å². The van der Waals surface area contributed by atoms with Gasteiger partial charge < -0.3 is 9.64 Å². The maximum atomic E-state index is 12.7. The molecule has 0 aliphatic carbocycles. The molecule has 1 atom stereocenters. The molecule has 1 heterocycles. The zero-order chi connectivity index (χ0) is 18.5. The molecule has 0 spiro atoms. The van der Waals surface area contributed by atoms with E-state index in [-0.39, 0.29) is 5.91 Å². The van der Waals surface area contributed by atoms with Gasteiger partial charge in [-0.3, -0.25) is 9.69 Å². The normalized spacial score (nSPS) is 17.3. The first-order valence-electron chi connectivity index (χ1n) is 8.93. The molecular formula is C21H25BrN2O2. The molecule has 2 aromatic carbocycles. The molecule has 1 aliphatic heterocycles. The van der Waals surface area contributed by atoms with Crippen molar-refractivity contribution in [1.82, 2.24) is 9.80 Å². The maximum absolute atomic E-state index is 12.7. The molecule has 0 unspecified atom stereocenters. The fourth-order valence-electron chi connectivity index (χ4n) is 3.47. The molecule has 0 saturated carbocycles. The maximum Gasteiger partial charge on any atom is 0.236 e. The minimum absolute atomic E-state index is 0.160. The molecule has 1 fully saturated rings. The summed E-state index contributed by atoms with van der Waals surface area (Å²) >= 11 is 3.44. The molecule has 1 aliphatic rings. The van der Waals surface area contributed by atoms with Gasteiger partial charge in [-0.15, -0.1) is 0 Å². The summed E-state index contributed by atoms with van der Waals surface area (Å²) in [5.74, 6) is 1.02. The van der Waals surface area contributed by atoms with E-state index in [2.05, 4.69) is 33.0 Å². The van der Waals surface area contributed by atoms with Gasteiger partial charge in [0.05, 0.1) is 13.7 Å². The van der Waals surface area contributed by atoms with Crippen molar-refractivity contribution < 1.29 is 9.53 Å². The van der Waals surface area contributed by atoms with Crippen LogP contribution in [0, 0.1) is 0 Å². The van der Waals surface area contributed by atoms with Crippen LogP contribution in [0.25, 0.3) is 0 Å². The fourth-order valence-corrected chi connectivity index (χ4v) is 3.73. The molecule has 1 amide bonds. The van der Waals surface area contributed by atoms with Gasteiger partial charge in [-0.1, -0.05) is 40.2 Å². The Balaban J connectivity index is 1.60. The molecule has 0 bridgehead atoms. The lowest BCUT2D eigenvalue weighted by molar-refractivity contribution is -0.131. The van der Waals surface area contributed by atoms with Gasteiger partial charge in [-0.2, -0.15) is 0 Å². The van der Waals surface area contributed by atoms with E-state index in [0.29, 0.717) is 19.1 Å². The Hall–Kier alpha value is -1.85. The number of ether oxygens (including phenoxy) is 1. The van der Waals surface area contributed by atoms with Crippen molar-refractivity contribution in [2.75, 3.05) is 27.2 Å². The van der Waals surface area contributed by atoms with E-state index >= 15 is 0 Å². The van der Waals surface area contributed by atoms with Crippen molar-refractivity contribution in [3.8, 4) is 5.75 Å². The van der Waals surface area contributed by atoms with Crippen LogP contribution in [0.4, 0.5) is 0 Å². The number of likely N-dealkylation sites (N-methyl/N-ethyl adjacent to an activating group) is 1. The highest BCUT2D eigenvalue weighted by atomic mass is 79.9. The standard InChI is InChI=1S/C21H25BrN2O2/c1-23(14-16-5-9-18(22)10-6-16)21(25)15-24-13-3-4-20(24)17-7-11-19(26-2)12-8-17/h5-12,20H,3-4,13-15H2,1-2H3/t20-/m1/s1. The quantitative estimate of drug-likeness (QED) is 0.705. The number of hydrogen-bond acceptors (Lipinski definition) is 3. The van der Waals surface area contributed by atoms with E-state index in [9.17, 15) is 4.79 Å². The van der Waals surface area contributed by atoms with Gasteiger partial charge >= 0.3 is 0 Å². The minimum Gasteiger partial charge on any atom is -0.497 e. The molecule has 0 radical (unpaired) electrons. The lowest BCUT2D eigenvalue weighted by atomic mass is 10.0. The number of carbonyl (C=O) groups excluding carboxylic acids is 1. The van der Waals surface area contributed by atoms with Crippen LogP contribution in [0.3, 0.4) is 0 Å². The van der Waals surface area contributed by atoms with Crippen molar-refractivity contribution in [1.29, 1.82) is 0 Å². The van der Waals surface area contributed by atoms with Gasteiger partial charge in [0.15, 0.2) is 0 Å². The van der Waals surface area contributed by atoms with Gasteiger partial charge in [0.2, 0.25) is 5.91 Å². The Morgan fingerprint density at radius 2 is 1.88 bits per heavy atom. The number of benzene rings is 2. The van der Waals surface area contributed by atoms with Gasteiger partial charge in [0, 0.05) is 24.1 Å². The average Bonchev–Trinajstić information content (AvgIpc) is 3.11. The van der Waals surface area contributed by atoms with E-state index < -0.39 is 0 Å².